The van der Waals surface area contributed by atoms with Crippen LogP contribution in [0.3, 0.4) is 0 Å². The number of carbonyl (C=O) groups is 1. The Morgan fingerprint density at radius 3 is 2.65 bits per heavy atom. The topological polar surface area (TPSA) is 76.2 Å². The van der Waals surface area contributed by atoms with E-state index < -0.39 is 5.91 Å². The van der Waals surface area contributed by atoms with Crippen LogP contribution in [0.2, 0.25) is 0 Å². The number of nitrogens with one attached hydrogen (secondary N) is 1. The number of primary amides is 1. The summed E-state index contributed by atoms with van der Waals surface area (Å²) >= 11 is 1.77. The van der Waals surface area contributed by atoms with Crippen molar-refractivity contribution in [3.63, 3.8) is 0 Å². The van der Waals surface area contributed by atoms with Crippen LogP contribution in [0.4, 0.5) is 0 Å². The Labute approximate surface area is 104 Å². The molecule has 4 nitrogen and oxygen atoms in total. The standard InChI is InChI=1S/C12H14N2O2S/c13-11(12(14)15)8-1-3-9(4-2-8)17-10-5-6-16-7-10/h1-4,10,13H,5-7H2,(H2,14,15). The highest BCUT2D eigenvalue weighted by molar-refractivity contribution is 8.00. The molecule has 1 aromatic carbocycles. The van der Waals surface area contributed by atoms with Crippen LogP contribution in [-0.4, -0.2) is 30.1 Å². The Kier molecular flexibility index (Phi) is 3.81. The second-order valence-corrected chi connectivity index (χ2v) is 5.24. The summed E-state index contributed by atoms with van der Waals surface area (Å²) in [4.78, 5) is 12.0. The van der Waals surface area contributed by atoms with Gasteiger partial charge in [-0.25, -0.2) is 0 Å². The first-order valence-electron chi connectivity index (χ1n) is 5.40. The number of hydrogen-bond acceptors (Lipinski definition) is 4. The molecule has 90 valence electrons. The summed E-state index contributed by atoms with van der Waals surface area (Å²) < 4.78 is 5.31. The van der Waals surface area contributed by atoms with Crippen molar-refractivity contribution >= 4 is 23.4 Å². The Morgan fingerprint density at radius 1 is 1.41 bits per heavy atom. The third-order valence-electron chi connectivity index (χ3n) is 2.58. The lowest BCUT2D eigenvalue weighted by atomic mass is 10.1. The second kappa shape index (κ2) is 5.33. The molecule has 2 rings (SSSR count). The molecule has 0 radical (unpaired) electrons. The third kappa shape index (κ3) is 3.08. The van der Waals surface area contributed by atoms with E-state index in [0.29, 0.717) is 10.8 Å². The van der Waals surface area contributed by atoms with Gasteiger partial charge in [-0.3, -0.25) is 10.2 Å². The number of thioether (sulfide) groups is 1. The van der Waals surface area contributed by atoms with Crippen LogP contribution in [0.1, 0.15) is 12.0 Å². The maximum Gasteiger partial charge on any atom is 0.267 e. The van der Waals surface area contributed by atoms with Gasteiger partial charge in [0.05, 0.1) is 6.61 Å². The summed E-state index contributed by atoms with van der Waals surface area (Å²) in [5.74, 6) is -0.699. The van der Waals surface area contributed by atoms with Crippen molar-refractivity contribution in [3.8, 4) is 0 Å². The molecule has 1 heterocycles. The molecule has 0 spiro atoms. The second-order valence-electron chi connectivity index (χ2n) is 3.87. The van der Waals surface area contributed by atoms with E-state index in [1.807, 2.05) is 12.1 Å². The van der Waals surface area contributed by atoms with Gasteiger partial charge in [0.2, 0.25) is 0 Å². The number of ether oxygens (including phenoxy) is 1. The SMILES string of the molecule is N=C(C(N)=O)c1ccc(SC2CCOC2)cc1. The fourth-order valence-electron chi connectivity index (χ4n) is 1.64. The van der Waals surface area contributed by atoms with Crippen LogP contribution in [0.25, 0.3) is 0 Å². The Morgan fingerprint density at radius 2 is 2.12 bits per heavy atom. The van der Waals surface area contributed by atoms with Gasteiger partial charge in [0.15, 0.2) is 0 Å². The summed E-state index contributed by atoms with van der Waals surface area (Å²) in [6.45, 7) is 1.63. The van der Waals surface area contributed by atoms with E-state index in [4.69, 9.17) is 15.9 Å². The van der Waals surface area contributed by atoms with Crippen LogP contribution < -0.4 is 5.73 Å². The summed E-state index contributed by atoms with van der Waals surface area (Å²) in [7, 11) is 0. The summed E-state index contributed by atoms with van der Waals surface area (Å²) in [5.41, 5.74) is 5.47. The number of carbonyl (C=O) groups excluding carboxylic acids is 1. The van der Waals surface area contributed by atoms with E-state index in [-0.39, 0.29) is 5.71 Å². The van der Waals surface area contributed by atoms with Crippen molar-refractivity contribution in [2.45, 2.75) is 16.6 Å². The summed E-state index contributed by atoms with van der Waals surface area (Å²) in [5, 5.41) is 7.99. The van der Waals surface area contributed by atoms with Crippen LogP contribution in [0.15, 0.2) is 29.2 Å². The lowest BCUT2D eigenvalue weighted by Gasteiger charge is -2.07. The highest BCUT2D eigenvalue weighted by Crippen LogP contribution is 2.28. The molecule has 1 unspecified atom stereocenters. The largest absolute Gasteiger partial charge is 0.380 e. The number of hydrogen-bond donors (Lipinski definition) is 2. The lowest BCUT2D eigenvalue weighted by molar-refractivity contribution is -0.112. The highest BCUT2D eigenvalue weighted by atomic mass is 32.2. The van der Waals surface area contributed by atoms with E-state index in [1.165, 1.54) is 0 Å². The smallest absolute Gasteiger partial charge is 0.267 e. The average Bonchev–Trinajstić information content (AvgIpc) is 2.82. The molecule has 1 aromatic rings. The molecule has 1 aliphatic rings. The molecule has 0 bridgehead atoms. The minimum absolute atomic E-state index is 0.147. The molecule has 0 aromatic heterocycles. The minimum atomic E-state index is -0.699. The van der Waals surface area contributed by atoms with Crippen molar-refractivity contribution in [2.75, 3.05) is 13.2 Å². The normalized spacial score (nSPS) is 19.2. The van der Waals surface area contributed by atoms with Crippen LogP contribution in [0.5, 0.6) is 0 Å². The molecule has 1 fully saturated rings. The lowest BCUT2D eigenvalue weighted by Crippen LogP contribution is -2.22. The fourth-order valence-corrected chi connectivity index (χ4v) is 2.70. The van der Waals surface area contributed by atoms with E-state index in [0.717, 1.165) is 24.5 Å². The first-order valence-corrected chi connectivity index (χ1v) is 6.28. The van der Waals surface area contributed by atoms with Crippen LogP contribution >= 0.6 is 11.8 Å². The molecule has 0 saturated carbocycles. The molecule has 1 atom stereocenters. The minimum Gasteiger partial charge on any atom is -0.380 e. The van der Waals surface area contributed by atoms with Gasteiger partial charge in [0.1, 0.15) is 5.71 Å². The fraction of sp³-hybridized carbons (Fsp3) is 0.333. The number of benzene rings is 1. The summed E-state index contributed by atoms with van der Waals surface area (Å²) in [6, 6.07) is 7.34. The number of amides is 1. The van der Waals surface area contributed by atoms with Gasteiger partial charge < -0.3 is 10.5 Å². The van der Waals surface area contributed by atoms with Gasteiger partial charge in [-0.05, 0) is 18.6 Å². The van der Waals surface area contributed by atoms with Crippen molar-refractivity contribution in [1.82, 2.24) is 0 Å². The molecular weight excluding hydrogens is 236 g/mol. The van der Waals surface area contributed by atoms with Gasteiger partial charge in [0, 0.05) is 22.3 Å². The van der Waals surface area contributed by atoms with Crippen molar-refractivity contribution in [1.29, 1.82) is 5.41 Å². The van der Waals surface area contributed by atoms with E-state index >= 15 is 0 Å². The third-order valence-corrected chi connectivity index (χ3v) is 3.83. The molecule has 1 aliphatic heterocycles. The van der Waals surface area contributed by atoms with E-state index in [9.17, 15) is 4.79 Å². The van der Waals surface area contributed by atoms with Gasteiger partial charge in [-0.1, -0.05) is 12.1 Å². The molecule has 5 heteroatoms. The molecular formula is C12H14N2O2S. The first-order chi connectivity index (χ1) is 8.16. The maximum atomic E-state index is 10.8. The van der Waals surface area contributed by atoms with Crippen LogP contribution in [0, 0.1) is 5.41 Å². The number of rotatable bonds is 4. The van der Waals surface area contributed by atoms with Crippen molar-refractivity contribution in [3.05, 3.63) is 29.8 Å². The molecule has 1 saturated heterocycles. The van der Waals surface area contributed by atoms with Gasteiger partial charge in [-0.2, -0.15) is 0 Å². The predicted octanol–water partition coefficient (Wildman–Crippen LogP) is 1.42. The van der Waals surface area contributed by atoms with Crippen LogP contribution in [-0.2, 0) is 9.53 Å². The Balaban J connectivity index is 2.02. The van der Waals surface area contributed by atoms with Crippen molar-refractivity contribution < 1.29 is 9.53 Å². The van der Waals surface area contributed by atoms with Gasteiger partial charge >= 0.3 is 0 Å². The zero-order chi connectivity index (χ0) is 12.3. The molecule has 1 amide bonds. The zero-order valence-corrected chi connectivity index (χ0v) is 10.1. The molecule has 0 aliphatic carbocycles. The number of nitrogens with two attached hydrogens (primary N) is 1. The van der Waals surface area contributed by atoms with Gasteiger partial charge in [-0.15, -0.1) is 11.8 Å². The maximum absolute atomic E-state index is 10.8. The van der Waals surface area contributed by atoms with E-state index in [1.54, 1.807) is 23.9 Å². The quantitative estimate of drug-likeness (QED) is 0.793. The van der Waals surface area contributed by atoms with Gasteiger partial charge in [0.25, 0.3) is 5.91 Å². The monoisotopic (exact) mass is 250 g/mol. The zero-order valence-electron chi connectivity index (χ0n) is 9.31. The molecule has 17 heavy (non-hydrogen) atoms. The van der Waals surface area contributed by atoms with E-state index in [2.05, 4.69) is 0 Å². The Hall–Kier alpha value is -1.33. The summed E-state index contributed by atoms with van der Waals surface area (Å²) in [6.07, 6.45) is 1.07. The Bertz CT molecular complexity index is 425. The van der Waals surface area contributed by atoms with Crippen molar-refractivity contribution in [2.24, 2.45) is 5.73 Å². The predicted molar refractivity (Wildman–Crippen MR) is 67.5 cm³/mol. The first kappa shape index (κ1) is 12.1. The average molecular weight is 250 g/mol. The molecule has 3 N–H and O–H groups in total. The highest BCUT2D eigenvalue weighted by Gasteiger charge is 2.16.